The Morgan fingerprint density at radius 3 is 2.74 bits per heavy atom. The summed E-state index contributed by atoms with van der Waals surface area (Å²) in [4.78, 5) is 0. The van der Waals surface area contributed by atoms with Crippen molar-refractivity contribution in [2.45, 2.75) is 45.3 Å². The first kappa shape index (κ1) is 17.8. The zero-order valence-corrected chi connectivity index (χ0v) is 16.1. The van der Waals surface area contributed by atoms with Crippen molar-refractivity contribution < 1.29 is 9.26 Å². The highest BCUT2D eigenvalue weighted by molar-refractivity contribution is 7.80. The minimum atomic E-state index is 0.445. The van der Waals surface area contributed by atoms with Crippen LogP contribution < -0.4 is 15.4 Å². The molecule has 0 atom stereocenters. The summed E-state index contributed by atoms with van der Waals surface area (Å²) >= 11 is 5.45. The maximum Gasteiger partial charge on any atom is 0.187 e. The van der Waals surface area contributed by atoms with Gasteiger partial charge in [0.15, 0.2) is 16.5 Å². The Hall–Kier alpha value is -2.60. The third-order valence-electron chi connectivity index (χ3n) is 4.90. The normalized spacial score (nSPS) is 14.4. The van der Waals surface area contributed by atoms with Gasteiger partial charge >= 0.3 is 0 Å². The Kier molecular flexibility index (Phi) is 5.25. The molecule has 1 aliphatic rings. The standard InChI is InChI=1S/C21H23N3O2S/c1-14-9-11-15(12-10-14)13-25-17-7-4-8-18-19(17)20(24-26-18)23-21(27)22-16-5-2-3-6-16/h4,7-12,16H,2-3,5-6,13H2,1H3,(H2,22,23,24,27). The molecule has 0 saturated heterocycles. The van der Waals surface area contributed by atoms with Crippen LogP contribution in [0.5, 0.6) is 5.75 Å². The summed E-state index contributed by atoms with van der Waals surface area (Å²) in [5.41, 5.74) is 3.01. The number of hydrogen-bond donors (Lipinski definition) is 2. The number of nitrogens with zero attached hydrogens (tertiary/aromatic N) is 1. The molecule has 0 bridgehead atoms. The van der Waals surface area contributed by atoms with Crippen LogP contribution in [0.15, 0.2) is 47.0 Å². The predicted molar refractivity (Wildman–Crippen MR) is 111 cm³/mol. The highest BCUT2D eigenvalue weighted by Gasteiger charge is 2.18. The monoisotopic (exact) mass is 381 g/mol. The molecule has 1 heterocycles. The molecule has 1 aliphatic carbocycles. The molecule has 0 unspecified atom stereocenters. The number of ether oxygens (including phenoxy) is 1. The molecule has 0 aliphatic heterocycles. The summed E-state index contributed by atoms with van der Waals surface area (Å²) in [5.74, 6) is 1.31. The van der Waals surface area contributed by atoms with Crippen molar-refractivity contribution >= 4 is 34.1 Å². The molecule has 1 fully saturated rings. The number of fused-ring (bicyclic) bond motifs is 1. The smallest absolute Gasteiger partial charge is 0.187 e. The van der Waals surface area contributed by atoms with Crippen LogP contribution in [0.1, 0.15) is 36.8 Å². The average molecular weight is 382 g/mol. The summed E-state index contributed by atoms with van der Waals surface area (Å²) in [6, 6.07) is 14.5. The van der Waals surface area contributed by atoms with Gasteiger partial charge in [-0.25, -0.2) is 0 Å². The summed E-state index contributed by atoms with van der Waals surface area (Å²) in [7, 11) is 0. The van der Waals surface area contributed by atoms with Crippen LogP contribution in [0, 0.1) is 6.92 Å². The van der Waals surface area contributed by atoms with Crippen molar-refractivity contribution in [3.8, 4) is 5.75 Å². The van der Waals surface area contributed by atoms with Crippen LogP contribution in [0.2, 0.25) is 0 Å². The molecule has 2 aromatic carbocycles. The Morgan fingerprint density at radius 2 is 1.96 bits per heavy atom. The highest BCUT2D eigenvalue weighted by Crippen LogP contribution is 2.32. The van der Waals surface area contributed by atoms with E-state index in [4.69, 9.17) is 21.5 Å². The molecule has 0 radical (unpaired) electrons. The zero-order chi connectivity index (χ0) is 18.6. The molecule has 0 spiro atoms. The van der Waals surface area contributed by atoms with E-state index in [1.54, 1.807) is 0 Å². The van der Waals surface area contributed by atoms with Crippen LogP contribution in [0.4, 0.5) is 5.82 Å². The topological polar surface area (TPSA) is 59.3 Å². The van der Waals surface area contributed by atoms with Crippen molar-refractivity contribution in [3.63, 3.8) is 0 Å². The quantitative estimate of drug-likeness (QED) is 0.610. The number of benzene rings is 2. The van der Waals surface area contributed by atoms with Gasteiger partial charge in [0.25, 0.3) is 0 Å². The van der Waals surface area contributed by atoms with E-state index in [2.05, 4.69) is 47.0 Å². The molecule has 0 amide bonds. The van der Waals surface area contributed by atoms with Gasteiger partial charge in [0.2, 0.25) is 0 Å². The molecule has 2 N–H and O–H groups in total. The van der Waals surface area contributed by atoms with Gasteiger partial charge in [0.05, 0.1) is 0 Å². The number of aromatic nitrogens is 1. The van der Waals surface area contributed by atoms with Crippen molar-refractivity contribution in [1.29, 1.82) is 0 Å². The van der Waals surface area contributed by atoms with Crippen LogP contribution in [-0.2, 0) is 6.61 Å². The van der Waals surface area contributed by atoms with E-state index in [0.29, 0.717) is 29.2 Å². The van der Waals surface area contributed by atoms with E-state index in [9.17, 15) is 0 Å². The molecule has 4 rings (SSSR count). The van der Waals surface area contributed by atoms with E-state index in [0.717, 1.165) is 29.5 Å². The van der Waals surface area contributed by atoms with Gasteiger partial charge in [0, 0.05) is 6.04 Å². The van der Waals surface area contributed by atoms with Crippen LogP contribution >= 0.6 is 12.2 Å². The minimum absolute atomic E-state index is 0.445. The number of thiocarbonyl (C=S) groups is 1. The fraction of sp³-hybridized carbons (Fsp3) is 0.333. The molecule has 140 valence electrons. The molecule has 27 heavy (non-hydrogen) atoms. The second kappa shape index (κ2) is 7.96. The molecular weight excluding hydrogens is 358 g/mol. The third kappa shape index (κ3) is 4.22. The molecule has 1 saturated carbocycles. The second-order valence-corrected chi connectivity index (χ2v) is 7.42. The Balaban J connectivity index is 1.50. The van der Waals surface area contributed by atoms with E-state index < -0.39 is 0 Å². The maximum absolute atomic E-state index is 6.06. The van der Waals surface area contributed by atoms with Gasteiger partial charge in [-0.2, -0.15) is 0 Å². The summed E-state index contributed by atoms with van der Waals surface area (Å²) in [5, 5.41) is 12.1. The van der Waals surface area contributed by atoms with Gasteiger partial charge < -0.3 is 19.9 Å². The summed E-state index contributed by atoms with van der Waals surface area (Å²) in [6.45, 7) is 2.55. The Labute approximate surface area is 164 Å². The fourth-order valence-corrected chi connectivity index (χ4v) is 3.67. The van der Waals surface area contributed by atoms with Crippen molar-refractivity contribution in [3.05, 3.63) is 53.6 Å². The fourth-order valence-electron chi connectivity index (χ4n) is 3.41. The molecule has 5 nitrogen and oxygen atoms in total. The number of hydrogen-bond acceptors (Lipinski definition) is 4. The number of anilines is 1. The van der Waals surface area contributed by atoms with E-state index >= 15 is 0 Å². The van der Waals surface area contributed by atoms with E-state index in [-0.39, 0.29) is 0 Å². The van der Waals surface area contributed by atoms with Gasteiger partial charge in [-0.3, -0.25) is 0 Å². The number of nitrogens with one attached hydrogen (secondary N) is 2. The maximum atomic E-state index is 6.06. The average Bonchev–Trinajstić information content (AvgIpc) is 3.32. The van der Waals surface area contributed by atoms with Crippen molar-refractivity contribution in [2.75, 3.05) is 5.32 Å². The van der Waals surface area contributed by atoms with Gasteiger partial charge in [-0.1, -0.05) is 53.9 Å². The Bertz CT molecular complexity index is 930. The molecular formula is C21H23N3O2S. The minimum Gasteiger partial charge on any atom is -0.488 e. The first-order valence-electron chi connectivity index (χ1n) is 9.33. The van der Waals surface area contributed by atoms with E-state index in [1.807, 2.05) is 18.2 Å². The van der Waals surface area contributed by atoms with Crippen LogP contribution in [0.25, 0.3) is 11.0 Å². The van der Waals surface area contributed by atoms with Crippen LogP contribution in [0.3, 0.4) is 0 Å². The molecule has 3 aromatic rings. The van der Waals surface area contributed by atoms with E-state index in [1.165, 1.54) is 18.4 Å². The largest absolute Gasteiger partial charge is 0.488 e. The van der Waals surface area contributed by atoms with Gasteiger partial charge in [0.1, 0.15) is 17.7 Å². The highest BCUT2D eigenvalue weighted by atomic mass is 32.1. The third-order valence-corrected chi connectivity index (χ3v) is 5.12. The van der Waals surface area contributed by atoms with Crippen molar-refractivity contribution in [2.24, 2.45) is 0 Å². The van der Waals surface area contributed by atoms with Gasteiger partial charge in [-0.15, -0.1) is 0 Å². The molecule has 1 aromatic heterocycles. The summed E-state index contributed by atoms with van der Waals surface area (Å²) in [6.07, 6.45) is 4.83. The number of rotatable bonds is 5. The number of aryl methyl sites for hydroxylation is 1. The first-order valence-corrected chi connectivity index (χ1v) is 9.74. The lowest BCUT2D eigenvalue weighted by molar-refractivity contribution is 0.310. The SMILES string of the molecule is Cc1ccc(COc2cccc3onc(NC(=S)NC4CCCC4)c23)cc1. The lowest BCUT2D eigenvalue weighted by atomic mass is 10.2. The zero-order valence-electron chi connectivity index (χ0n) is 15.3. The Morgan fingerprint density at radius 1 is 1.19 bits per heavy atom. The lowest BCUT2D eigenvalue weighted by Gasteiger charge is -2.15. The van der Waals surface area contributed by atoms with Gasteiger partial charge in [-0.05, 0) is 49.7 Å². The van der Waals surface area contributed by atoms with Crippen LogP contribution in [-0.4, -0.2) is 16.3 Å². The summed E-state index contributed by atoms with van der Waals surface area (Å²) < 4.78 is 11.5. The first-order chi connectivity index (χ1) is 13.2. The predicted octanol–water partition coefficient (Wildman–Crippen LogP) is 4.94. The molecule has 6 heteroatoms. The second-order valence-electron chi connectivity index (χ2n) is 7.01. The lowest BCUT2D eigenvalue weighted by Crippen LogP contribution is -2.36. The van der Waals surface area contributed by atoms with Crippen molar-refractivity contribution in [1.82, 2.24) is 10.5 Å².